The summed E-state index contributed by atoms with van der Waals surface area (Å²) in [6.45, 7) is 0.717. The molecule has 3 N–H and O–H groups in total. The van der Waals surface area contributed by atoms with Gasteiger partial charge in [-0.05, 0) is 25.0 Å². The van der Waals surface area contributed by atoms with Crippen molar-refractivity contribution in [2.24, 2.45) is 5.73 Å². The summed E-state index contributed by atoms with van der Waals surface area (Å²) in [6.07, 6.45) is 6.77. The molecule has 23 heavy (non-hydrogen) atoms. The molecule has 0 aliphatic heterocycles. The van der Waals surface area contributed by atoms with Crippen molar-refractivity contribution in [2.75, 3.05) is 6.54 Å². The van der Waals surface area contributed by atoms with E-state index in [1.165, 1.54) is 12.8 Å². The Morgan fingerprint density at radius 3 is 2.65 bits per heavy atom. The highest BCUT2D eigenvalue weighted by molar-refractivity contribution is 5.85. The van der Waals surface area contributed by atoms with Crippen LogP contribution < -0.4 is 11.1 Å². The number of para-hydroxylation sites is 1. The van der Waals surface area contributed by atoms with Crippen molar-refractivity contribution in [3.05, 3.63) is 24.3 Å². The van der Waals surface area contributed by atoms with Crippen LogP contribution in [0.15, 0.2) is 24.3 Å². The molecule has 0 saturated heterocycles. The number of carbonyl (C=O) groups is 1. The molecule has 1 aromatic carbocycles. The standard InChI is InChI=1S/C16H23N5O.ClH/c17-16(9-5-1-2-6-10-16)12-18-15(22)11-21-14-8-4-3-7-13(14)19-20-21;/h3-4,7-8H,1-2,5-6,9-12,17H2,(H,18,22);1H. The monoisotopic (exact) mass is 337 g/mol. The predicted octanol–water partition coefficient (Wildman–Crippen LogP) is 2.02. The van der Waals surface area contributed by atoms with Gasteiger partial charge in [-0.25, -0.2) is 4.68 Å². The summed E-state index contributed by atoms with van der Waals surface area (Å²) < 4.78 is 1.63. The van der Waals surface area contributed by atoms with Gasteiger partial charge in [-0.1, -0.05) is 43.0 Å². The van der Waals surface area contributed by atoms with Crippen LogP contribution in [0.5, 0.6) is 0 Å². The van der Waals surface area contributed by atoms with Crippen molar-refractivity contribution >= 4 is 29.3 Å². The average Bonchev–Trinajstić information content (AvgIpc) is 2.79. The lowest BCUT2D eigenvalue weighted by molar-refractivity contribution is -0.122. The number of hydrogen-bond acceptors (Lipinski definition) is 4. The van der Waals surface area contributed by atoms with Gasteiger partial charge >= 0.3 is 0 Å². The first-order valence-electron chi connectivity index (χ1n) is 8.00. The van der Waals surface area contributed by atoms with E-state index in [2.05, 4.69) is 15.6 Å². The lowest BCUT2D eigenvalue weighted by atomic mass is 9.91. The van der Waals surface area contributed by atoms with Crippen LogP contribution in [0.1, 0.15) is 38.5 Å². The van der Waals surface area contributed by atoms with E-state index < -0.39 is 0 Å². The molecule has 7 heteroatoms. The van der Waals surface area contributed by atoms with E-state index in [1.54, 1.807) is 4.68 Å². The maximum Gasteiger partial charge on any atom is 0.241 e. The molecule has 3 rings (SSSR count). The molecule has 0 spiro atoms. The molecule has 126 valence electrons. The Bertz CT molecular complexity index is 649. The topological polar surface area (TPSA) is 85.8 Å². The highest BCUT2D eigenvalue weighted by atomic mass is 35.5. The molecule has 0 atom stereocenters. The number of amides is 1. The van der Waals surface area contributed by atoms with E-state index in [-0.39, 0.29) is 30.4 Å². The van der Waals surface area contributed by atoms with Crippen LogP contribution in [-0.4, -0.2) is 33.0 Å². The number of nitrogens with zero attached hydrogens (tertiary/aromatic N) is 3. The molecule has 1 aliphatic carbocycles. The highest BCUT2D eigenvalue weighted by Gasteiger charge is 2.26. The van der Waals surface area contributed by atoms with Crippen molar-refractivity contribution in [3.8, 4) is 0 Å². The Morgan fingerprint density at radius 2 is 1.91 bits per heavy atom. The minimum absolute atomic E-state index is 0. The first-order valence-corrected chi connectivity index (χ1v) is 8.00. The molecule has 2 aromatic rings. The van der Waals surface area contributed by atoms with Gasteiger partial charge in [0.05, 0.1) is 5.52 Å². The van der Waals surface area contributed by atoms with Crippen LogP contribution in [0.2, 0.25) is 0 Å². The number of hydrogen-bond donors (Lipinski definition) is 2. The van der Waals surface area contributed by atoms with E-state index in [0.717, 1.165) is 36.7 Å². The number of aromatic nitrogens is 3. The van der Waals surface area contributed by atoms with Crippen LogP contribution >= 0.6 is 12.4 Å². The molecule has 1 fully saturated rings. The second-order valence-corrected chi connectivity index (χ2v) is 6.29. The summed E-state index contributed by atoms with van der Waals surface area (Å²) in [6, 6.07) is 7.63. The molecule has 0 radical (unpaired) electrons. The van der Waals surface area contributed by atoms with Crippen LogP contribution in [0.3, 0.4) is 0 Å². The summed E-state index contributed by atoms with van der Waals surface area (Å²) in [4.78, 5) is 12.2. The number of nitrogens with two attached hydrogens (primary N) is 1. The number of rotatable bonds is 4. The lowest BCUT2D eigenvalue weighted by Crippen LogP contribution is -2.50. The third-order valence-electron chi connectivity index (χ3n) is 4.45. The fraction of sp³-hybridized carbons (Fsp3) is 0.562. The highest BCUT2D eigenvalue weighted by Crippen LogP contribution is 2.24. The van der Waals surface area contributed by atoms with Gasteiger partial charge in [-0.2, -0.15) is 0 Å². The van der Waals surface area contributed by atoms with Crippen molar-refractivity contribution in [3.63, 3.8) is 0 Å². The zero-order valence-electron chi connectivity index (χ0n) is 13.2. The number of carbonyl (C=O) groups excluding carboxylic acids is 1. The number of benzene rings is 1. The number of fused-ring (bicyclic) bond motifs is 1. The van der Waals surface area contributed by atoms with Gasteiger partial charge in [0.2, 0.25) is 5.91 Å². The smallest absolute Gasteiger partial charge is 0.241 e. The van der Waals surface area contributed by atoms with Gasteiger partial charge < -0.3 is 11.1 Å². The van der Waals surface area contributed by atoms with Crippen LogP contribution in [0.25, 0.3) is 11.0 Å². The molecule has 6 nitrogen and oxygen atoms in total. The van der Waals surface area contributed by atoms with Crippen molar-refractivity contribution in [1.82, 2.24) is 20.3 Å². The predicted molar refractivity (Wildman–Crippen MR) is 92.4 cm³/mol. The van der Waals surface area contributed by atoms with E-state index in [0.29, 0.717) is 6.54 Å². The summed E-state index contributed by atoms with van der Waals surface area (Å²) in [5.74, 6) is -0.0651. The zero-order valence-corrected chi connectivity index (χ0v) is 14.0. The van der Waals surface area contributed by atoms with E-state index in [4.69, 9.17) is 5.73 Å². The Morgan fingerprint density at radius 1 is 1.22 bits per heavy atom. The molecule has 0 unspecified atom stereocenters. The SMILES string of the molecule is Cl.NC1(CNC(=O)Cn2nnc3ccccc32)CCCCCC1. The summed E-state index contributed by atoms with van der Waals surface area (Å²) in [5, 5.41) is 11.1. The third kappa shape index (κ3) is 4.42. The van der Waals surface area contributed by atoms with E-state index in [9.17, 15) is 4.79 Å². The Labute approximate surface area is 142 Å². The summed E-state index contributed by atoms with van der Waals surface area (Å²) in [5.41, 5.74) is 7.84. The van der Waals surface area contributed by atoms with Gasteiger partial charge in [-0.3, -0.25) is 4.79 Å². The van der Waals surface area contributed by atoms with Crippen LogP contribution in [0, 0.1) is 0 Å². The first-order chi connectivity index (χ1) is 10.7. The normalized spacial score (nSPS) is 17.3. The zero-order chi connectivity index (χ0) is 15.4. The molecular formula is C16H24ClN5O. The van der Waals surface area contributed by atoms with Gasteiger partial charge in [0, 0.05) is 12.1 Å². The largest absolute Gasteiger partial charge is 0.353 e. The molecule has 1 aromatic heterocycles. The maximum atomic E-state index is 12.2. The summed E-state index contributed by atoms with van der Waals surface area (Å²) >= 11 is 0. The minimum Gasteiger partial charge on any atom is -0.353 e. The Balaban J connectivity index is 0.00000192. The first kappa shape index (κ1) is 17.7. The number of nitrogens with one attached hydrogen (secondary N) is 1. The Kier molecular flexibility index (Phi) is 5.96. The summed E-state index contributed by atoms with van der Waals surface area (Å²) in [7, 11) is 0. The van der Waals surface area contributed by atoms with E-state index in [1.807, 2.05) is 24.3 Å². The molecule has 1 amide bonds. The van der Waals surface area contributed by atoms with Gasteiger partial charge in [-0.15, -0.1) is 17.5 Å². The molecular weight excluding hydrogens is 314 g/mol. The van der Waals surface area contributed by atoms with Crippen molar-refractivity contribution < 1.29 is 4.79 Å². The van der Waals surface area contributed by atoms with Crippen LogP contribution in [-0.2, 0) is 11.3 Å². The molecule has 1 aliphatic rings. The second-order valence-electron chi connectivity index (χ2n) is 6.29. The average molecular weight is 338 g/mol. The molecule has 1 saturated carbocycles. The van der Waals surface area contributed by atoms with E-state index >= 15 is 0 Å². The van der Waals surface area contributed by atoms with Gasteiger partial charge in [0.1, 0.15) is 12.1 Å². The maximum absolute atomic E-state index is 12.2. The Hall–Kier alpha value is -1.66. The van der Waals surface area contributed by atoms with Gasteiger partial charge in [0.15, 0.2) is 0 Å². The fourth-order valence-electron chi connectivity index (χ4n) is 3.11. The minimum atomic E-state index is -0.253. The third-order valence-corrected chi connectivity index (χ3v) is 4.45. The fourth-order valence-corrected chi connectivity index (χ4v) is 3.11. The van der Waals surface area contributed by atoms with Crippen molar-refractivity contribution in [1.29, 1.82) is 0 Å². The van der Waals surface area contributed by atoms with Crippen molar-refractivity contribution in [2.45, 2.75) is 50.6 Å². The number of halogens is 1. The quantitative estimate of drug-likeness (QED) is 0.836. The second kappa shape index (κ2) is 7.75. The lowest BCUT2D eigenvalue weighted by Gasteiger charge is -2.28. The molecule has 0 bridgehead atoms. The van der Waals surface area contributed by atoms with Crippen LogP contribution in [0.4, 0.5) is 0 Å². The molecule has 1 heterocycles. The van der Waals surface area contributed by atoms with Gasteiger partial charge in [0.25, 0.3) is 0 Å².